The molecule has 0 amide bonds. The van der Waals surface area contributed by atoms with Crippen molar-refractivity contribution in [2.24, 2.45) is 0 Å². The molecular weight excluding hydrogens is 170 g/mol. The molecule has 0 aliphatic heterocycles. The van der Waals surface area contributed by atoms with Crippen molar-refractivity contribution in [3.8, 4) is 0 Å². The van der Waals surface area contributed by atoms with Crippen molar-refractivity contribution in [2.45, 2.75) is 0 Å². The van der Waals surface area contributed by atoms with Gasteiger partial charge >= 0.3 is 29.6 Å². The van der Waals surface area contributed by atoms with E-state index in [0.717, 1.165) is 0 Å². The summed E-state index contributed by atoms with van der Waals surface area (Å²) in [6.07, 6.45) is 1.77. The fourth-order valence-electron chi connectivity index (χ4n) is 0.176. The summed E-state index contributed by atoms with van der Waals surface area (Å²) in [5.74, 6) is 0. The van der Waals surface area contributed by atoms with Crippen LogP contribution in [0.4, 0.5) is 0 Å². The predicted octanol–water partition coefficient (Wildman–Crippen LogP) is -1.74. The number of nitrogens with zero attached hydrogens (tertiary/aromatic N) is 1. The molecule has 1 aromatic heterocycles. The first-order chi connectivity index (χ1) is 2.50. The number of hydrogen-bond acceptors (Lipinski definition) is 2. The van der Waals surface area contributed by atoms with Gasteiger partial charge in [0.25, 0.3) is 0 Å². The maximum Gasteiger partial charge on any atom is 1.00 e. The van der Waals surface area contributed by atoms with Crippen molar-refractivity contribution in [1.29, 1.82) is 0 Å². The molecule has 0 spiro atoms. The standard InChI is InChI=1S/C3H3NS.Na.Zn.H/c1-2-5-3-4-1;;;/h1-3H;;;/q;+1;;-1. The molecule has 0 N–H and O–H groups in total. The normalized spacial score (nSPS) is 5.71. The predicted molar refractivity (Wildman–Crippen MR) is 23.2 cm³/mol. The van der Waals surface area contributed by atoms with Crippen molar-refractivity contribution in [3.05, 3.63) is 17.1 Å². The van der Waals surface area contributed by atoms with Crippen molar-refractivity contribution in [2.75, 3.05) is 0 Å². The van der Waals surface area contributed by atoms with E-state index in [9.17, 15) is 0 Å². The molecule has 1 heterocycles. The summed E-state index contributed by atoms with van der Waals surface area (Å²) in [6.45, 7) is 0. The van der Waals surface area contributed by atoms with Crippen molar-refractivity contribution in [1.82, 2.24) is 4.98 Å². The Morgan fingerprint density at radius 3 is 2.43 bits per heavy atom. The average molecular weight is 175 g/mol. The van der Waals surface area contributed by atoms with Crippen LogP contribution in [0.15, 0.2) is 17.1 Å². The Hall–Kier alpha value is 1.25. The van der Waals surface area contributed by atoms with Crippen LogP contribution < -0.4 is 29.6 Å². The molecule has 0 aliphatic carbocycles. The summed E-state index contributed by atoms with van der Waals surface area (Å²) in [5, 5.41) is 1.93. The molecule has 7 heavy (non-hydrogen) atoms. The zero-order valence-electron chi connectivity index (χ0n) is 5.29. The SMILES string of the molecule is [H-].[Na+].[Zn].c1cscn1. The minimum Gasteiger partial charge on any atom is -1.00 e. The summed E-state index contributed by atoms with van der Waals surface area (Å²) in [6, 6.07) is 0. The molecule has 0 unspecified atom stereocenters. The fraction of sp³-hybridized carbons (Fsp3) is 0. The van der Waals surface area contributed by atoms with Crippen LogP contribution in [0.3, 0.4) is 0 Å². The third-order valence-electron chi connectivity index (χ3n) is 0.347. The molecule has 1 rings (SSSR count). The summed E-state index contributed by atoms with van der Waals surface area (Å²) in [5.41, 5.74) is 1.79. The van der Waals surface area contributed by atoms with Gasteiger partial charge in [-0.05, 0) is 0 Å². The van der Waals surface area contributed by atoms with Gasteiger partial charge in [0.05, 0.1) is 5.51 Å². The second-order valence-electron chi connectivity index (χ2n) is 0.676. The van der Waals surface area contributed by atoms with E-state index in [1.54, 1.807) is 23.0 Å². The Morgan fingerprint density at radius 1 is 1.57 bits per heavy atom. The molecule has 0 fully saturated rings. The van der Waals surface area contributed by atoms with Crippen LogP contribution in [0, 0.1) is 0 Å². The van der Waals surface area contributed by atoms with E-state index >= 15 is 0 Å². The number of thiazole rings is 1. The molecule has 0 saturated heterocycles. The van der Waals surface area contributed by atoms with Gasteiger partial charge in [-0.15, -0.1) is 11.3 Å². The summed E-state index contributed by atoms with van der Waals surface area (Å²) in [7, 11) is 0. The van der Waals surface area contributed by atoms with Crippen LogP contribution in [-0.4, -0.2) is 4.98 Å². The number of aromatic nitrogens is 1. The van der Waals surface area contributed by atoms with Crippen LogP contribution in [0.2, 0.25) is 0 Å². The molecule has 0 atom stereocenters. The van der Waals surface area contributed by atoms with Gasteiger partial charge in [-0.3, -0.25) is 4.98 Å². The Kier molecular flexibility index (Phi) is 11.5. The van der Waals surface area contributed by atoms with Crippen molar-refractivity contribution < 1.29 is 50.5 Å². The average Bonchev–Trinajstić information content (AvgIpc) is 1.76. The molecule has 1 aromatic rings. The molecule has 4 heteroatoms. The van der Waals surface area contributed by atoms with E-state index in [1.807, 2.05) is 5.38 Å². The van der Waals surface area contributed by atoms with Crippen LogP contribution in [0.5, 0.6) is 0 Å². The van der Waals surface area contributed by atoms with E-state index in [4.69, 9.17) is 0 Å². The van der Waals surface area contributed by atoms with Gasteiger partial charge in [0.15, 0.2) is 0 Å². The second-order valence-corrected chi connectivity index (χ2v) is 1.43. The first-order valence-electron chi connectivity index (χ1n) is 1.32. The van der Waals surface area contributed by atoms with Crippen molar-refractivity contribution in [3.63, 3.8) is 0 Å². The quantitative estimate of drug-likeness (QED) is 0.426. The summed E-state index contributed by atoms with van der Waals surface area (Å²) < 4.78 is 0. The van der Waals surface area contributed by atoms with Crippen LogP contribution >= 0.6 is 11.3 Å². The van der Waals surface area contributed by atoms with E-state index < -0.39 is 0 Å². The number of hydrogen-bond donors (Lipinski definition) is 0. The molecule has 0 aromatic carbocycles. The Morgan fingerprint density at radius 2 is 2.29 bits per heavy atom. The Balaban J connectivity index is -0.0000000833. The van der Waals surface area contributed by atoms with Gasteiger partial charge in [0.1, 0.15) is 0 Å². The van der Waals surface area contributed by atoms with Crippen LogP contribution in [0.25, 0.3) is 0 Å². The van der Waals surface area contributed by atoms with Crippen LogP contribution in [-0.2, 0) is 19.5 Å². The zero-order chi connectivity index (χ0) is 3.54. The smallest absolute Gasteiger partial charge is 1.00 e. The molecule has 0 aliphatic rings. The minimum absolute atomic E-state index is 0. The first kappa shape index (κ1) is 11.1. The van der Waals surface area contributed by atoms with Crippen LogP contribution in [0.1, 0.15) is 1.43 Å². The van der Waals surface area contributed by atoms with Gasteiger partial charge in [-0.2, -0.15) is 0 Å². The fourth-order valence-corrected chi connectivity index (χ4v) is 0.527. The molecule has 1 nitrogen and oxygen atoms in total. The maximum absolute atomic E-state index is 3.74. The van der Waals surface area contributed by atoms with Gasteiger partial charge < -0.3 is 1.43 Å². The molecule has 30 valence electrons. The third kappa shape index (κ3) is 5.12. The van der Waals surface area contributed by atoms with E-state index in [0.29, 0.717) is 0 Å². The molecule has 0 bridgehead atoms. The summed E-state index contributed by atoms with van der Waals surface area (Å²) >= 11 is 1.60. The Labute approximate surface area is 83.1 Å². The van der Waals surface area contributed by atoms with E-state index in [-0.39, 0.29) is 50.5 Å². The largest absolute Gasteiger partial charge is 1.00 e. The van der Waals surface area contributed by atoms with Gasteiger partial charge in [0.2, 0.25) is 0 Å². The van der Waals surface area contributed by atoms with E-state index in [2.05, 4.69) is 4.98 Å². The zero-order valence-corrected chi connectivity index (χ0v) is 10.1. The Bertz CT molecular complexity index is 75.8. The minimum atomic E-state index is 0. The van der Waals surface area contributed by atoms with Gasteiger partial charge in [0, 0.05) is 31.1 Å². The van der Waals surface area contributed by atoms with Gasteiger partial charge in [-0.1, -0.05) is 0 Å². The van der Waals surface area contributed by atoms with Crippen molar-refractivity contribution >= 4 is 11.3 Å². The van der Waals surface area contributed by atoms with Gasteiger partial charge in [-0.25, -0.2) is 0 Å². The monoisotopic (exact) mass is 173 g/mol. The maximum atomic E-state index is 3.74. The molecule has 0 saturated carbocycles. The number of rotatable bonds is 0. The van der Waals surface area contributed by atoms with E-state index in [1.165, 1.54) is 0 Å². The first-order valence-corrected chi connectivity index (χ1v) is 2.26. The topological polar surface area (TPSA) is 12.9 Å². The second kappa shape index (κ2) is 7.25. The molecular formula is C3H4NNaSZn. The summed E-state index contributed by atoms with van der Waals surface area (Å²) in [4.78, 5) is 3.74. The molecule has 0 radical (unpaired) electrons. The third-order valence-corrected chi connectivity index (χ3v) is 0.869.